The van der Waals surface area contributed by atoms with Gasteiger partial charge in [-0.1, -0.05) is 38.5 Å². The van der Waals surface area contributed by atoms with E-state index < -0.39 is 17.8 Å². The maximum absolute atomic E-state index is 13.0. The molecule has 2 nitrogen and oxygen atoms in total. The van der Waals surface area contributed by atoms with Crippen molar-refractivity contribution in [3.05, 3.63) is 35.4 Å². The van der Waals surface area contributed by atoms with Crippen molar-refractivity contribution in [3.63, 3.8) is 0 Å². The topological polar surface area (TPSA) is 27.0 Å². The normalized spacial score (nSPS) is 13.2. The lowest BCUT2D eigenvalue weighted by Crippen LogP contribution is -2.30. The van der Waals surface area contributed by atoms with Gasteiger partial charge in [-0.05, 0) is 31.1 Å². The van der Waals surface area contributed by atoms with Gasteiger partial charge < -0.3 is 0 Å². The molecule has 0 aliphatic heterocycles. The predicted octanol–water partition coefficient (Wildman–Crippen LogP) is 4.39. The van der Waals surface area contributed by atoms with Crippen molar-refractivity contribution in [2.45, 2.75) is 38.9 Å². The number of unbranched alkanes of at least 4 members (excludes halogenated alkanes) is 1. The van der Waals surface area contributed by atoms with Gasteiger partial charge in [0, 0.05) is 0 Å². The van der Waals surface area contributed by atoms with E-state index in [2.05, 4.69) is 0 Å². The van der Waals surface area contributed by atoms with Crippen LogP contribution in [0, 0.1) is 11.3 Å². The summed E-state index contributed by atoms with van der Waals surface area (Å²) in [5.41, 5.74) is -0.679. The van der Waals surface area contributed by atoms with E-state index in [4.69, 9.17) is 0 Å². The maximum Gasteiger partial charge on any atom is 0.416 e. The van der Waals surface area contributed by atoms with E-state index in [0.717, 1.165) is 18.9 Å². The average Bonchev–Trinajstić information content (AvgIpc) is 2.42. The second-order valence-electron chi connectivity index (χ2n) is 4.60. The van der Waals surface area contributed by atoms with Crippen LogP contribution in [0.1, 0.15) is 43.9 Å². The summed E-state index contributed by atoms with van der Waals surface area (Å²) in [6.45, 7) is 5.04. The number of nitriles is 1. The van der Waals surface area contributed by atoms with Crippen LogP contribution < -0.4 is 0 Å². The molecule has 1 rings (SSSR count). The van der Waals surface area contributed by atoms with Gasteiger partial charge in [0.25, 0.3) is 0 Å². The quantitative estimate of drug-likeness (QED) is 0.774. The molecule has 0 saturated heterocycles. The first-order valence-electron chi connectivity index (χ1n) is 6.75. The van der Waals surface area contributed by atoms with E-state index in [1.54, 1.807) is 11.0 Å². The van der Waals surface area contributed by atoms with Crippen molar-refractivity contribution >= 4 is 0 Å². The molecule has 0 saturated carbocycles. The third-order valence-electron chi connectivity index (χ3n) is 3.25. The zero-order valence-corrected chi connectivity index (χ0v) is 11.7. The first-order chi connectivity index (χ1) is 9.45. The molecule has 0 radical (unpaired) electrons. The molecule has 1 unspecified atom stereocenters. The number of alkyl halides is 3. The van der Waals surface area contributed by atoms with Gasteiger partial charge in [0.2, 0.25) is 0 Å². The molecule has 0 aliphatic carbocycles. The Morgan fingerprint density at radius 1 is 1.25 bits per heavy atom. The second kappa shape index (κ2) is 7.30. The van der Waals surface area contributed by atoms with Gasteiger partial charge in [-0.25, -0.2) is 0 Å². The summed E-state index contributed by atoms with van der Waals surface area (Å²) in [7, 11) is 0. The van der Waals surface area contributed by atoms with E-state index in [0.29, 0.717) is 13.1 Å². The van der Waals surface area contributed by atoms with Crippen LogP contribution >= 0.6 is 0 Å². The van der Waals surface area contributed by atoms with Gasteiger partial charge >= 0.3 is 6.18 Å². The average molecular weight is 284 g/mol. The minimum atomic E-state index is -4.43. The summed E-state index contributed by atoms with van der Waals surface area (Å²) < 4.78 is 39.1. The minimum Gasteiger partial charge on any atom is -0.285 e. The number of nitrogens with zero attached hydrogens (tertiary/aromatic N) is 2. The smallest absolute Gasteiger partial charge is 0.285 e. The predicted molar refractivity (Wildman–Crippen MR) is 72.0 cm³/mol. The summed E-state index contributed by atoms with van der Waals surface area (Å²) in [4.78, 5) is 1.79. The summed E-state index contributed by atoms with van der Waals surface area (Å²) in [6.07, 6.45) is -2.63. The van der Waals surface area contributed by atoms with Crippen LogP contribution in [0.3, 0.4) is 0 Å². The highest BCUT2D eigenvalue weighted by Gasteiger charge is 2.36. The van der Waals surface area contributed by atoms with Crippen molar-refractivity contribution in [2.24, 2.45) is 0 Å². The molecule has 0 bridgehead atoms. The largest absolute Gasteiger partial charge is 0.416 e. The molecule has 0 amide bonds. The highest BCUT2D eigenvalue weighted by molar-refractivity contribution is 5.35. The molecule has 0 heterocycles. The van der Waals surface area contributed by atoms with Crippen LogP contribution in [0.5, 0.6) is 0 Å². The fourth-order valence-electron chi connectivity index (χ4n) is 2.17. The van der Waals surface area contributed by atoms with Gasteiger partial charge in [0.1, 0.15) is 6.04 Å². The highest BCUT2D eigenvalue weighted by atomic mass is 19.4. The molecule has 0 spiro atoms. The summed E-state index contributed by atoms with van der Waals surface area (Å²) in [5.74, 6) is 0. The molecule has 0 N–H and O–H groups in total. The van der Waals surface area contributed by atoms with Crippen molar-refractivity contribution in [3.8, 4) is 6.07 Å². The molecule has 110 valence electrons. The Morgan fingerprint density at radius 3 is 2.40 bits per heavy atom. The minimum absolute atomic E-state index is 0.0421. The maximum atomic E-state index is 13.0. The molecule has 1 aromatic carbocycles. The van der Waals surface area contributed by atoms with Crippen LogP contribution in [0.4, 0.5) is 13.2 Å². The van der Waals surface area contributed by atoms with Crippen molar-refractivity contribution < 1.29 is 13.2 Å². The van der Waals surface area contributed by atoms with E-state index in [-0.39, 0.29) is 5.56 Å². The molecular formula is C15H19F3N2. The molecule has 1 aromatic rings. The van der Waals surface area contributed by atoms with Crippen molar-refractivity contribution in [1.29, 1.82) is 5.26 Å². The molecule has 0 aromatic heterocycles. The molecule has 1 atom stereocenters. The fourth-order valence-corrected chi connectivity index (χ4v) is 2.17. The SMILES string of the molecule is CCCCN(CC)C(C#N)c1ccccc1C(F)(F)F. The zero-order chi connectivity index (χ0) is 15.2. The van der Waals surface area contributed by atoms with Crippen LogP contribution in [-0.4, -0.2) is 18.0 Å². The molecule has 5 heteroatoms. The summed E-state index contributed by atoms with van der Waals surface area (Å²) in [5, 5.41) is 9.31. The monoisotopic (exact) mass is 284 g/mol. The van der Waals surface area contributed by atoms with Crippen LogP contribution in [-0.2, 0) is 6.18 Å². The first kappa shape index (κ1) is 16.5. The number of rotatable bonds is 6. The van der Waals surface area contributed by atoms with Crippen molar-refractivity contribution in [2.75, 3.05) is 13.1 Å². The fraction of sp³-hybridized carbons (Fsp3) is 0.533. The Hall–Kier alpha value is -1.54. The van der Waals surface area contributed by atoms with Gasteiger partial charge in [0.05, 0.1) is 11.6 Å². The Morgan fingerprint density at radius 2 is 1.90 bits per heavy atom. The lowest BCUT2D eigenvalue weighted by Gasteiger charge is -2.27. The van der Waals surface area contributed by atoms with Crippen LogP contribution in [0.2, 0.25) is 0 Å². The Balaban J connectivity index is 3.15. The third-order valence-corrected chi connectivity index (χ3v) is 3.25. The zero-order valence-electron chi connectivity index (χ0n) is 11.7. The number of benzene rings is 1. The molecule has 0 aliphatic rings. The molecule has 0 fully saturated rings. The second-order valence-corrected chi connectivity index (χ2v) is 4.60. The summed E-state index contributed by atoms with van der Waals surface area (Å²) in [6, 6.07) is 6.48. The van der Waals surface area contributed by atoms with Crippen molar-refractivity contribution in [1.82, 2.24) is 4.90 Å². The van der Waals surface area contributed by atoms with Gasteiger partial charge in [-0.2, -0.15) is 18.4 Å². The van der Waals surface area contributed by atoms with Crippen LogP contribution in [0.15, 0.2) is 24.3 Å². The number of hydrogen-bond donors (Lipinski definition) is 0. The Labute approximate surface area is 117 Å². The lowest BCUT2D eigenvalue weighted by atomic mass is 9.99. The number of halogens is 3. The van der Waals surface area contributed by atoms with Crippen LogP contribution in [0.25, 0.3) is 0 Å². The van der Waals surface area contributed by atoms with Gasteiger partial charge in [-0.3, -0.25) is 4.90 Å². The molecular weight excluding hydrogens is 265 g/mol. The Bertz CT molecular complexity index is 463. The molecule has 20 heavy (non-hydrogen) atoms. The van der Waals surface area contributed by atoms with Gasteiger partial charge in [-0.15, -0.1) is 0 Å². The number of hydrogen-bond acceptors (Lipinski definition) is 2. The standard InChI is InChI=1S/C15H19F3N2/c1-3-5-10-20(4-2)14(11-19)12-8-6-7-9-13(12)15(16,17)18/h6-9,14H,3-5,10H2,1-2H3. The van der Waals surface area contributed by atoms with Gasteiger partial charge in [0.15, 0.2) is 0 Å². The lowest BCUT2D eigenvalue weighted by molar-refractivity contribution is -0.138. The van der Waals surface area contributed by atoms with E-state index in [1.165, 1.54) is 12.1 Å². The highest BCUT2D eigenvalue weighted by Crippen LogP contribution is 2.36. The third kappa shape index (κ3) is 3.97. The Kier molecular flexibility index (Phi) is 6.03. The first-order valence-corrected chi connectivity index (χ1v) is 6.75. The van der Waals surface area contributed by atoms with E-state index in [1.807, 2.05) is 19.9 Å². The summed E-state index contributed by atoms with van der Waals surface area (Å²) >= 11 is 0. The van der Waals surface area contributed by atoms with E-state index in [9.17, 15) is 18.4 Å². The van der Waals surface area contributed by atoms with E-state index >= 15 is 0 Å².